The number of aromatic hydroxyl groups is 1. The normalized spacial score (nSPS) is 10.1. The van der Waals surface area contributed by atoms with Crippen molar-refractivity contribution in [2.75, 3.05) is 14.2 Å². The van der Waals surface area contributed by atoms with E-state index in [0.29, 0.717) is 16.9 Å². The number of rotatable bonds is 4. The molecule has 0 aliphatic heterocycles. The van der Waals surface area contributed by atoms with Crippen molar-refractivity contribution in [2.24, 2.45) is 0 Å². The van der Waals surface area contributed by atoms with Crippen LogP contribution in [0.4, 0.5) is 0 Å². The number of aromatic carboxylic acids is 1. The number of carboxylic acid groups (broad SMARTS) is 1. The summed E-state index contributed by atoms with van der Waals surface area (Å²) in [4.78, 5) is 11.1. The highest BCUT2D eigenvalue weighted by Crippen LogP contribution is 2.41. The van der Waals surface area contributed by atoms with Crippen LogP contribution in [0.15, 0.2) is 36.4 Å². The van der Waals surface area contributed by atoms with Gasteiger partial charge in [-0.1, -0.05) is 18.2 Å². The highest BCUT2D eigenvalue weighted by Gasteiger charge is 2.17. The predicted octanol–water partition coefficient (Wildman–Crippen LogP) is 2.77. The van der Waals surface area contributed by atoms with Crippen molar-refractivity contribution in [1.29, 1.82) is 0 Å². The van der Waals surface area contributed by atoms with Crippen LogP contribution < -0.4 is 9.47 Å². The first kappa shape index (κ1) is 13.7. The van der Waals surface area contributed by atoms with Gasteiger partial charge in [0.1, 0.15) is 5.75 Å². The number of ether oxygens (including phenoxy) is 2. The van der Waals surface area contributed by atoms with Crippen molar-refractivity contribution in [3.05, 3.63) is 42.0 Å². The summed E-state index contributed by atoms with van der Waals surface area (Å²) in [5.74, 6) is -0.584. The van der Waals surface area contributed by atoms with Gasteiger partial charge < -0.3 is 19.7 Å². The molecule has 104 valence electrons. The lowest BCUT2D eigenvalue weighted by Gasteiger charge is -2.13. The summed E-state index contributed by atoms with van der Waals surface area (Å²) in [6, 6.07) is 9.69. The Hall–Kier alpha value is -2.69. The van der Waals surface area contributed by atoms with E-state index < -0.39 is 5.97 Å². The molecule has 0 heterocycles. The Kier molecular flexibility index (Phi) is 3.79. The number of carbonyl (C=O) groups is 1. The third kappa shape index (κ3) is 2.38. The average Bonchev–Trinajstić information content (AvgIpc) is 2.47. The van der Waals surface area contributed by atoms with E-state index in [4.69, 9.17) is 14.6 Å². The van der Waals surface area contributed by atoms with Crippen molar-refractivity contribution in [1.82, 2.24) is 0 Å². The first-order valence-electron chi connectivity index (χ1n) is 5.86. The second-order valence-corrected chi connectivity index (χ2v) is 4.08. The van der Waals surface area contributed by atoms with Gasteiger partial charge in [-0.15, -0.1) is 0 Å². The zero-order chi connectivity index (χ0) is 14.7. The van der Waals surface area contributed by atoms with E-state index in [1.165, 1.54) is 26.4 Å². The Morgan fingerprint density at radius 3 is 2.25 bits per heavy atom. The van der Waals surface area contributed by atoms with Crippen LogP contribution >= 0.6 is 0 Å². The maximum atomic E-state index is 11.1. The number of phenols is 1. The Morgan fingerprint density at radius 1 is 1.00 bits per heavy atom. The highest BCUT2D eigenvalue weighted by molar-refractivity contribution is 5.92. The van der Waals surface area contributed by atoms with Gasteiger partial charge in [0.25, 0.3) is 0 Å². The van der Waals surface area contributed by atoms with Gasteiger partial charge in [-0.3, -0.25) is 0 Å². The van der Waals surface area contributed by atoms with Crippen LogP contribution in [0, 0.1) is 0 Å². The molecule has 0 amide bonds. The fraction of sp³-hybridized carbons (Fsp3) is 0.133. The number of benzene rings is 2. The minimum atomic E-state index is -1.10. The van der Waals surface area contributed by atoms with Crippen molar-refractivity contribution in [2.45, 2.75) is 0 Å². The van der Waals surface area contributed by atoms with Crippen LogP contribution in [0.5, 0.6) is 17.2 Å². The number of methoxy groups -OCH3 is 2. The fourth-order valence-electron chi connectivity index (χ4n) is 1.96. The Balaban J connectivity index is 2.72. The molecule has 0 aliphatic carbocycles. The summed E-state index contributed by atoms with van der Waals surface area (Å²) in [6.45, 7) is 0. The van der Waals surface area contributed by atoms with Gasteiger partial charge >= 0.3 is 5.97 Å². The molecule has 20 heavy (non-hydrogen) atoms. The average molecular weight is 274 g/mol. The van der Waals surface area contributed by atoms with E-state index in [1.807, 2.05) is 0 Å². The van der Waals surface area contributed by atoms with Crippen LogP contribution in [0.25, 0.3) is 11.1 Å². The van der Waals surface area contributed by atoms with Gasteiger partial charge in [-0.25, -0.2) is 4.79 Å². The van der Waals surface area contributed by atoms with Gasteiger partial charge in [0, 0.05) is 11.1 Å². The molecule has 0 saturated heterocycles. The summed E-state index contributed by atoms with van der Waals surface area (Å²) in [6.07, 6.45) is 0. The minimum Gasteiger partial charge on any atom is -0.504 e. The molecule has 2 aromatic carbocycles. The number of phenolic OH excluding ortho intramolecular Hbond substituents is 1. The molecule has 2 N–H and O–H groups in total. The Bertz CT molecular complexity index is 649. The number of carboxylic acids is 1. The number of para-hydroxylation sites is 1. The zero-order valence-corrected chi connectivity index (χ0v) is 11.1. The molecule has 5 nitrogen and oxygen atoms in total. The molecule has 0 spiro atoms. The third-order valence-corrected chi connectivity index (χ3v) is 2.94. The van der Waals surface area contributed by atoms with Crippen LogP contribution in [0.1, 0.15) is 10.4 Å². The van der Waals surface area contributed by atoms with Gasteiger partial charge in [0.15, 0.2) is 11.5 Å². The molecule has 0 bridgehead atoms. The summed E-state index contributed by atoms with van der Waals surface area (Å²) in [5.41, 5.74) is 0.966. The Labute approximate surface area is 116 Å². The Morgan fingerprint density at radius 2 is 1.65 bits per heavy atom. The van der Waals surface area contributed by atoms with Gasteiger partial charge in [0.05, 0.1) is 19.8 Å². The predicted molar refractivity (Wildman–Crippen MR) is 73.6 cm³/mol. The second kappa shape index (κ2) is 5.52. The molecule has 2 rings (SSSR count). The van der Waals surface area contributed by atoms with Gasteiger partial charge in [-0.05, 0) is 18.2 Å². The van der Waals surface area contributed by atoms with Gasteiger partial charge in [-0.2, -0.15) is 0 Å². The van der Waals surface area contributed by atoms with E-state index >= 15 is 0 Å². The van der Waals surface area contributed by atoms with Gasteiger partial charge in [0.2, 0.25) is 0 Å². The molecular weight excluding hydrogens is 260 g/mol. The lowest BCUT2D eigenvalue weighted by atomic mass is 10.00. The first-order chi connectivity index (χ1) is 9.58. The lowest BCUT2D eigenvalue weighted by Crippen LogP contribution is -1.99. The summed E-state index contributed by atoms with van der Waals surface area (Å²) in [5, 5.41) is 19.3. The van der Waals surface area contributed by atoms with Crippen molar-refractivity contribution < 1.29 is 24.5 Å². The van der Waals surface area contributed by atoms with Crippen molar-refractivity contribution in [3.8, 4) is 28.4 Å². The zero-order valence-electron chi connectivity index (χ0n) is 11.1. The fourth-order valence-corrected chi connectivity index (χ4v) is 1.96. The third-order valence-electron chi connectivity index (χ3n) is 2.94. The largest absolute Gasteiger partial charge is 0.504 e. The smallest absolute Gasteiger partial charge is 0.335 e. The van der Waals surface area contributed by atoms with E-state index in [2.05, 4.69) is 0 Å². The summed E-state index contributed by atoms with van der Waals surface area (Å²) >= 11 is 0. The van der Waals surface area contributed by atoms with E-state index in [9.17, 15) is 9.90 Å². The van der Waals surface area contributed by atoms with Crippen LogP contribution in [0.3, 0.4) is 0 Å². The molecule has 0 atom stereocenters. The van der Waals surface area contributed by atoms with Crippen LogP contribution in [-0.2, 0) is 0 Å². The standard InChI is InChI=1S/C15H14O5/c1-19-12-6-4-3-5-10(12)11-7-9(15(17)18)8-13(20-2)14(11)16/h3-8,16H,1-2H3,(H,17,18). The molecule has 0 unspecified atom stereocenters. The molecule has 0 aliphatic rings. The summed E-state index contributed by atoms with van der Waals surface area (Å²) < 4.78 is 10.2. The maximum absolute atomic E-state index is 11.1. The minimum absolute atomic E-state index is 0.0283. The molecule has 5 heteroatoms. The summed E-state index contributed by atoms with van der Waals surface area (Å²) in [7, 11) is 2.88. The quantitative estimate of drug-likeness (QED) is 0.896. The monoisotopic (exact) mass is 274 g/mol. The molecule has 0 aromatic heterocycles. The van der Waals surface area contributed by atoms with Crippen molar-refractivity contribution in [3.63, 3.8) is 0 Å². The first-order valence-corrected chi connectivity index (χ1v) is 5.86. The molecule has 0 radical (unpaired) electrons. The molecule has 0 saturated carbocycles. The van der Waals surface area contributed by atoms with Crippen LogP contribution in [0.2, 0.25) is 0 Å². The van der Waals surface area contributed by atoms with Crippen LogP contribution in [-0.4, -0.2) is 30.4 Å². The number of hydrogen-bond donors (Lipinski definition) is 2. The molecule has 0 fully saturated rings. The molecule has 2 aromatic rings. The van der Waals surface area contributed by atoms with E-state index in [-0.39, 0.29) is 17.1 Å². The maximum Gasteiger partial charge on any atom is 0.335 e. The second-order valence-electron chi connectivity index (χ2n) is 4.08. The van der Waals surface area contributed by atoms with E-state index in [0.717, 1.165) is 0 Å². The number of hydrogen-bond acceptors (Lipinski definition) is 4. The lowest BCUT2D eigenvalue weighted by molar-refractivity contribution is 0.0696. The molecular formula is C15H14O5. The van der Waals surface area contributed by atoms with Crippen molar-refractivity contribution >= 4 is 5.97 Å². The topological polar surface area (TPSA) is 76.0 Å². The highest BCUT2D eigenvalue weighted by atomic mass is 16.5. The van der Waals surface area contributed by atoms with E-state index in [1.54, 1.807) is 24.3 Å². The SMILES string of the molecule is COc1ccccc1-c1cc(C(=O)O)cc(OC)c1O.